The SMILES string of the molecule is COc1cc(F)ccc1-c1cnc(C)o1. The van der Waals surface area contributed by atoms with Crippen molar-refractivity contribution in [2.45, 2.75) is 6.92 Å². The highest BCUT2D eigenvalue weighted by Gasteiger charge is 2.10. The van der Waals surface area contributed by atoms with E-state index in [1.165, 1.54) is 19.2 Å². The third kappa shape index (κ3) is 1.83. The molecule has 0 aliphatic carbocycles. The zero-order chi connectivity index (χ0) is 10.8. The second kappa shape index (κ2) is 3.73. The summed E-state index contributed by atoms with van der Waals surface area (Å²) in [5.74, 6) is 1.23. The average Bonchev–Trinajstić information content (AvgIpc) is 2.64. The monoisotopic (exact) mass is 207 g/mol. The van der Waals surface area contributed by atoms with Crippen LogP contribution in [0, 0.1) is 12.7 Å². The number of aryl methyl sites for hydroxylation is 1. The molecule has 1 heterocycles. The lowest BCUT2D eigenvalue weighted by atomic mass is 10.1. The van der Waals surface area contributed by atoms with Gasteiger partial charge in [-0.05, 0) is 12.1 Å². The molecular formula is C11H10FNO2. The van der Waals surface area contributed by atoms with Crippen molar-refractivity contribution in [1.82, 2.24) is 4.98 Å². The Hall–Kier alpha value is -1.84. The van der Waals surface area contributed by atoms with E-state index < -0.39 is 0 Å². The molecule has 0 saturated carbocycles. The first-order valence-corrected chi connectivity index (χ1v) is 4.47. The predicted octanol–water partition coefficient (Wildman–Crippen LogP) is 2.80. The third-order valence-electron chi connectivity index (χ3n) is 2.05. The van der Waals surface area contributed by atoms with E-state index in [9.17, 15) is 4.39 Å². The van der Waals surface area contributed by atoms with Crippen LogP contribution in [0.1, 0.15) is 5.89 Å². The van der Waals surface area contributed by atoms with E-state index in [1.54, 1.807) is 19.2 Å². The van der Waals surface area contributed by atoms with Gasteiger partial charge in [0.25, 0.3) is 0 Å². The van der Waals surface area contributed by atoms with Gasteiger partial charge in [-0.15, -0.1) is 0 Å². The molecule has 0 saturated heterocycles. The molecule has 0 amide bonds. The quantitative estimate of drug-likeness (QED) is 0.759. The van der Waals surface area contributed by atoms with Crippen LogP contribution in [0.5, 0.6) is 5.75 Å². The smallest absolute Gasteiger partial charge is 0.191 e. The minimum absolute atomic E-state index is 0.341. The number of ether oxygens (including phenoxy) is 1. The maximum Gasteiger partial charge on any atom is 0.191 e. The molecule has 2 rings (SSSR count). The Labute approximate surface area is 86.5 Å². The summed E-state index contributed by atoms with van der Waals surface area (Å²) in [6, 6.07) is 4.27. The normalized spacial score (nSPS) is 10.3. The van der Waals surface area contributed by atoms with Gasteiger partial charge in [0.2, 0.25) is 0 Å². The first-order valence-electron chi connectivity index (χ1n) is 4.47. The van der Waals surface area contributed by atoms with Crippen LogP contribution in [0.15, 0.2) is 28.8 Å². The zero-order valence-corrected chi connectivity index (χ0v) is 8.45. The second-order valence-corrected chi connectivity index (χ2v) is 3.09. The molecule has 78 valence electrons. The van der Waals surface area contributed by atoms with Crippen LogP contribution in [0.2, 0.25) is 0 Å². The highest BCUT2D eigenvalue weighted by molar-refractivity contribution is 5.65. The lowest BCUT2D eigenvalue weighted by molar-refractivity contribution is 0.411. The Morgan fingerprint density at radius 3 is 2.80 bits per heavy atom. The van der Waals surface area contributed by atoms with Crippen molar-refractivity contribution in [2.24, 2.45) is 0 Å². The summed E-state index contributed by atoms with van der Waals surface area (Å²) in [7, 11) is 1.49. The minimum Gasteiger partial charge on any atom is -0.496 e. The van der Waals surface area contributed by atoms with Crippen molar-refractivity contribution in [3.05, 3.63) is 36.1 Å². The van der Waals surface area contributed by atoms with Gasteiger partial charge in [-0.2, -0.15) is 0 Å². The van der Waals surface area contributed by atoms with Crippen LogP contribution < -0.4 is 4.74 Å². The van der Waals surface area contributed by atoms with Gasteiger partial charge in [-0.3, -0.25) is 0 Å². The van der Waals surface area contributed by atoms with E-state index in [1.807, 2.05) is 0 Å². The number of benzene rings is 1. The second-order valence-electron chi connectivity index (χ2n) is 3.09. The first-order chi connectivity index (χ1) is 7.20. The zero-order valence-electron chi connectivity index (χ0n) is 8.45. The number of halogens is 1. The lowest BCUT2D eigenvalue weighted by Gasteiger charge is -2.05. The van der Waals surface area contributed by atoms with Gasteiger partial charge in [-0.25, -0.2) is 9.37 Å². The van der Waals surface area contributed by atoms with Gasteiger partial charge in [0.15, 0.2) is 11.7 Å². The van der Waals surface area contributed by atoms with Gasteiger partial charge in [0.1, 0.15) is 11.6 Å². The van der Waals surface area contributed by atoms with Gasteiger partial charge in [0, 0.05) is 13.0 Å². The molecule has 2 aromatic rings. The van der Waals surface area contributed by atoms with Gasteiger partial charge < -0.3 is 9.15 Å². The number of hydrogen-bond donors (Lipinski definition) is 0. The number of methoxy groups -OCH3 is 1. The first kappa shape index (κ1) is 9.71. The Balaban J connectivity index is 2.52. The van der Waals surface area contributed by atoms with Gasteiger partial charge in [0.05, 0.1) is 18.9 Å². The Kier molecular flexibility index (Phi) is 2.41. The van der Waals surface area contributed by atoms with E-state index in [4.69, 9.17) is 9.15 Å². The van der Waals surface area contributed by atoms with E-state index in [2.05, 4.69) is 4.98 Å². The molecule has 0 spiro atoms. The Morgan fingerprint density at radius 2 is 2.20 bits per heavy atom. The summed E-state index contributed by atoms with van der Waals surface area (Å²) in [5, 5.41) is 0. The molecule has 0 aliphatic rings. The average molecular weight is 207 g/mol. The summed E-state index contributed by atoms with van der Waals surface area (Å²) >= 11 is 0. The topological polar surface area (TPSA) is 35.3 Å². The van der Waals surface area contributed by atoms with Crippen molar-refractivity contribution in [1.29, 1.82) is 0 Å². The number of oxazole rings is 1. The molecule has 15 heavy (non-hydrogen) atoms. The standard InChI is InChI=1S/C11H10FNO2/c1-7-13-6-11(15-7)9-4-3-8(12)5-10(9)14-2/h3-6H,1-2H3. The van der Waals surface area contributed by atoms with Crippen molar-refractivity contribution in [3.8, 4) is 17.1 Å². The van der Waals surface area contributed by atoms with Crippen LogP contribution >= 0.6 is 0 Å². The molecule has 0 fully saturated rings. The largest absolute Gasteiger partial charge is 0.496 e. The van der Waals surface area contributed by atoms with E-state index in [-0.39, 0.29) is 5.82 Å². The van der Waals surface area contributed by atoms with E-state index in [0.29, 0.717) is 23.0 Å². The van der Waals surface area contributed by atoms with Gasteiger partial charge >= 0.3 is 0 Å². The maximum atomic E-state index is 12.9. The summed E-state index contributed by atoms with van der Waals surface area (Å²) in [5.41, 5.74) is 0.694. The molecule has 0 bridgehead atoms. The maximum absolute atomic E-state index is 12.9. The van der Waals surface area contributed by atoms with E-state index in [0.717, 1.165) is 0 Å². The fraction of sp³-hybridized carbons (Fsp3) is 0.182. The highest BCUT2D eigenvalue weighted by Crippen LogP contribution is 2.30. The Morgan fingerprint density at radius 1 is 1.40 bits per heavy atom. The summed E-state index contributed by atoms with van der Waals surface area (Å²) in [6.07, 6.45) is 1.59. The van der Waals surface area contributed by atoms with Crippen molar-refractivity contribution >= 4 is 0 Å². The summed E-state index contributed by atoms with van der Waals surface area (Å²) < 4.78 is 23.3. The third-order valence-corrected chi connectivity index (χ3v) is 2.05. The minimum atomic E-state index is -0.341. The van der Waals surface area contributed by atoms with Crippen molar-refractivity contribution in [3.63, 3.8) is 0 Å². The van der Waals surface area contributed by atoms with Crippen molar-refractivity contribution in [2.75, 3.05) is 7.11 Å². The molecule has 3 nitrogen and oxygen atoms in total. The molecule has 0 radical (unpaired) electrons. The summed E-state index contributed by atoms with van der Waals surface area (Å²) in [6.45, 7) is 1.75. The van der Waals surface area contributed by atoms with Gasteiger partial charge in [-0.1, -0.05) is 0 Å². The molecular weight excluding hydrogens is 197 g/mol. The molecule has 0 N–H and O–H groups in total. The number of hydrogen-bond acceptors (Lipinski definition) is 3. The summed E-state index contributed by atoms with van der Waals surface area (Å²) in [4.78, 5) is 3.97. The molecule has 0 aliphatic heterocycles. The molecule has 1 aromatic heterocycles. The van der Waals surface area contributed by atoms with Crippen LogP contribution in [-0.4, -0.2) is 12.1 Å². The van der Waals surface area contributed by atoms with Crippen LogP contribution in [0.4, 0.5) is 4.39 Å². The van der Waals surface area contributed by atoms with Crippen molar-refractivity contribution < 1.29 is 13.5 Å². The fourth-order valence-electron chi connectivity index (χ4n) is 1.35. The van der Waals surface area contributed by atoms with Crippen LogP contribution in [0.25, 0.3) is 11.3 Å². The fourth-order valence-corrected chi connectivity index (χ4v) is 1.35. The van der Waals surface area contributed by atoms with E-state index >= 15 is 0 Å². The number of rotatable bonds is 2. The Bertz CT molecular complexity index is 479. The molecule has 1 aromatic carbocycles. The molecule has 4 heteroatoms. The molecule has 0 atom stereocenters. The van der Waals surface area contributed by atoms with Crippen LogP contribution in [-0.2, 0) is 0 Å². The lowest BCUT2D eigenvalue weighted by Crippen LogP contribution is -1.88. The number of nitrogens with zero attached hydrogens (tertiary/aromatic N) is 1. The predicted molar refractivity (Wildman–Crippen MR) is 53.2 cm³/mol. The molecule has 0 unspecified atom stereocenters. The number of aromatic nitrogens is 1. The van der Waals surface area contributed by atoms with Crippen LogP contribution in [0.3, 0.4) is 0 Å². The highest BCUT2D eigenvalue weighted by atomic mass is 19.1.